The lowest BCUT2D eigenvalue weighted by atomic mass is 9.97. The van der Waals surface area contributed by atoms with E-state index in [0.29, 0.717) is 17.0 Å². The first kappa shape index (κ1) is 20.9. The Balaban J connectivity index is 1.60. The van der Waals surface area contributed by atoms with E-state index in [0.717, 1.165) is 17.3 Å². The zero-order valence-corrected chi connectivity index (χ0v) is 16.6. The molecular formula is C18H16F3N7O2S. The number of H-pyrrole nitrogens is 1. The summed E-state index contributed by atoms with van der Waals surface area (Å²) in [6.45, 7) is 0. The van der Waals surface area contributed by atoms with Gasteiger partial charge in [-0.25, -0.2) is 33.2 Å². The molecule has 0 aromatic carbocycles. The van der Waals surface area contributed by atoms with E-state index in [1.165, 1.54) is 23.1 Å². The normalized spacial score (nSPS) is 13.5. The summed E-state index contributed by atoms with van der Waals surface area (Å²) < 4.78 is 63.8. The minimum absolute atomic E-state index is 0.153. The molecule has 4 aromatic heterocycles. The fraction of sp³-hybridized carbons (Fsp3) is 0.222. The first-order valence-electron chi connectivity index (χ1n) is 8.98. The van der Waals surface area contributed by atoms with Crippen LogP contribution in [0.4, 0.5) is 13.2 Å². The molecule has 162 valence electrons. The molecule has 0 saturated heterocycles. The number of alkyl halides is 3. The van der Waals surface area contributed by atoms with Crippen LogP contribution in [-0.2, 0) is 10.0 Å². The third-order valence-electron chi connectivity index (χ3n) is 4.71. The van der Waals surface area contributed by atoms with Crippen molar-refractivity contribution in [2.75, 3.05) is 5.75 Å². The number of hydrogen-bond acceptors (Lipinski definition) is 6. The Morgan fingerprint density at radius 1 is 1.13 bits per heavy atom. The molecule has 4 heterocycles. The van der Waals surface area contributed by atoms with Crippen LogP contribution in [-0.4, -0.2) is 50.1 Å². The second-order valence-corrected chi connectivity index (χ2v) is 8.57. The monoisotopic (exact) mass is 451 g/mol. The van der Waals surface area contributed by atoms with Crippen molar-refractivity contribution in [3.05, 3.63) is 54.9 Å². The lowest BCUT2D eigenvalue weighted by Crippen LogP contribution is -2.26. The van der Waals surface area contributed by atoms with Gasteiger partial charge in [0.15, 0.2) is 11.5 Å². The van der Waals surface area contributed by atoms with Crippen LogP contribution in [0.3, 0.4) is 0 Å². The maximum Gasteiger partial charge on any atom is 0.395 e. The number of nitrogens with zero attached hydrogens (tertiary/aromatic N) is 5. The molecule has 0 amide bonds. The van der Waals surface area contributed by atoms with Gasteiger partial charge in [0.1, 0.15) is 5.52 Å². The maximum atomic E-state index is 13.4. The number of fused-ring (bicyclic) bond motifs is 1. The number of nitrogens with two attached hydrogens (primary N) is 1. The third kappa shape index (κ3) is 4.56. The number of rotatable bonds is 6. The molecule has 9 nitrogen and oxygen atoms in total. The zero-order chi connectivity index (χ0) is 22.2. The van der Waals surface area contributed by atoms with Gasteiger partial charge in [0, 0.05) is 29.7 Å². The number of pyridine rings is 2. The molecular weight excluding hydrogens is 435 g/mol. The van der Waals surface area contributed by atoms with Crippen molar-refractivity contribution in [3.63, 3.8) is 0 Å². The number of sulfonamides is 1. The maximum absolute atomic E-state index is 13.4. The Hall–Kier alpha value is -3.32. The SMILES string of the molecule is NS(=O)(=O)CCC(c1ccc(-n2cc(-c3ccnc4[nH]cnc34)cn2)nc1)C(F)(F)F. The van der Waals surface area contributed by atoms with Crippen molar-refractivity contribution >= 4 is 21.2 Å². The first-order chi connectivity index (χ1) is 14.6. The van der Waals surface area contributed by atoms with Crippen molar-refractivity contribution in [1.29, 1.82) is 0 Å². The largest absolute Gasteiger partial charge is 0.395 e. The van der Waals surface area contributed by atoms with Crippen LogP contribution in [0.5, 0.6) is 0 Å². The van der Waals surface area contributed by atoms with E-state index in [1.54, 1.807) is 24.7 Å². The highest BCUT2D eigenvalue weighted by molar-refractivity contribution is 7.89. The minimum Gasteiger partial charge on any atom is -0.329 e. The molecule has 0 aliphatic rings. The van der Waals surface area contributed by atoms with E-state index in [9.17, 15) is 21.6 Å². The second-order valence-electron chi connectivity index (χ2n) is 6.83. The Labute approximate surface area is 174 Å². The molecule has 0 radical (unpaired) electrons. The summed E-state index contributed by atoms with van der Waals surface area (Å²) in [5.74, 6) is -2.48. The van der Waals surface area contributed by atoms with E-state index in [-0.39, 0.29) is 5.56 Å². The molecule has 4 rings (SSSR count). The quantitative estimate of drug-likeness (QED) is 0.463. The van der Waals surface area contributed by atoms with Gasteiger partial charge in [-0.1, -0.05) is 6.07 Å². The molecule has 1 unspecified atom stereocenters. The molecule has 1 atom stereocenters. The van der Waals surface area contributed by atoms with Crippen molar-refractivity contribution < 1.29 is 21.6 Å². The summed E-state index contributed by atoms with van der Waals surface area (Å²) in [4.78, 5) is 15.4. The van der Waals surface area contributed by atoms with Gasteiger partial charge in [-0.3, -0.25) is 0 Å². The molecule has 4 aromatic rings. The zero-order valence-electron chi connectivity index (χ0n) is 15.8. The van der Waals surface area contributed by atoms with Crippen LogP contribution < -0.4 is 5.14 Å². The Morgan fingerprint density at radius 2 is 1.94 bits per heavy atom. The Kier molecular flexibility index (Phi) is 5.23. The topological polar surface area (TPSA) is 132 Å². The average Bonchev–Trinajstić information content (AvgIpc) is 3.36. The summed E-state index contributed by atoms with van der Waals surface area (Å²) >= 11 is 0. The molecule has 3 N–H and O–H groups in total. The fourth-order valence-corrected chi connectivity index (χ4v) is 3.77. The van der Waals surface area contributed by atoms with Gasteiger partial charge in [-0.2, -0.15) is 18.3 Å². The summed E-state index contributed by atoms with van der Waals surface area (Å²) in [7, 11) is -4.02. The van der Waals surface area contributed by atoms with E-state index < -0.39 is 34.3 Å². The third-order valence-corrected chi connectivity index (χ3v) is 5.51. The second kappa shape index (κ2) is 7.74. The van der Waals surface area contributed by atoms with Crippen LogP contribution in [0.15, 0.2) is 49.3 Å². The molecule has 0 aliphatic carbocycles. The predicted octanol–water partition coefficient (Wildman–Crippen LogP) is 2.53. The Bertz CT molecular complexity index is 1310. The van der Waals surface area contributed by atoms with Crippen LogP contribution in [0.25, 0.3) is 28.1 Å². The van der Waals surface area contributed by atoms with Crippen LogP contribution in [0.2, 0.25) is 0 Å². The lowest BCUT2D eigenvalue weighted by molar-refractivity contribution is -0.150. The van der Waals surface area contributed by atoms with E-state index in [2.05, 4.69) is 25.0 Å². The van der Waals surface area contributed by atoms with Crippen molar-refractivity contribution in [2.45, 2.75) is 18.5 Å². The lowest BCUT2D eigenvalue weighted by Gasteiger charge is -2.20. The van der Waals surface area contributed by atoms with Gasteiger partial charge in [-0.05, 0) is 24.1 Å². The van der Waals surface area contributed by atoms with Gasteiger partial charge in [0.25, 0.3) is 0 Å². The molecule has 0 saturated carbocycles. The van der Waals surface area contributed by atoms with Gasteiger partial charge in [0.05, 0.1) is 24.2 Å². The molecule has 0 bridgehead atoms. The number of imidazole rings is 1. The van der Waals surface area contributed by atoms with Crippen molar-refractivity contribution in [1.82, 2.24) is 29.7 Å². The highest BCUT2D eigenvalue weighted by Gasteiger charge is 2.41. The number of aromatic nitrogens is 6. The number of halogens is 3. The summed E-state index contributed by atoms with van der Waals surface area (Å²) in [5.41, 5.74) is 2.64. The van der Waals surface area contributed by atoms with Crippen LogP contribution >= 0.6 is 0 Å². The van der Waals surface area contributed by atoms with Crippen LogP contribution in [0.1, 0.15) is 17.9 Å². The van der Waals surface area contributed by atoms with E-state index >= 15 is 0 Å². The van der Waals surface area contributed by atoms with Crippen LogP contribution in [0, 0.1) is 0 Å². The van der Waals surface area contributed by atoms with Crippen molar-refractivity contribution in [3.8, 4) is 16.9 Å². The van der Waals surface area contributed by atoms with E-state index in [1.807, 2.05) is 0 Å². The van der Waals surface area contributed by atoms with Gasteiger partial charge in [-0.15, -0.1) is 0 Å². The first-order valence-corrected chi connectivity index (χ1v) is 10.7. The molecule has 13 heteroatoms. The smallest absolute Gasteiger partial charge is 0.329 e. The predicted molar refractivity (Wildman–Crippen MR) is 106 cm³/mol. The van der Waals surface area contributed by atoms with Gasteiger partial charge in [0.2, 0.25) is 10.0 Å². The number of primary sulfonamides is 1. The van der Waals surface area contributed by atoms with Gasteiger partial charge < -0.3 is 4.98 Å². The summed E-state index contributed by atoms with van der Waals surface area (Å²) in [6, 6.07) is 4.42. The standard InChI is InChI=1S/C18H16F3N7O2S/c19-18(20,21)14(4-6-31(22,29)30)11-1-2-15(24-7-11)28-9-12(8-27-28)13-3-5-23-17-16(13)25-10-26-17/h1-3,5,7-10,14H,4,6H2,(H2,22,29,30)(H,23,25,26). The molecule has 0 spiro atoms. The molecule has 0 aliphatic heterocycles. The Morgan fingerprint density at radius 3 is 2.61 bits per heavy atom. The molecule has 31 heavy (non-hydrogen) atoms. The van der Waals surface area contributed by atoms with Gasteiger partial charge >= 0.3 is 6.18 Å². The highest BCUT2D eigenvalue weighted by Crippen LogP contribution is 2.37. The number of nitrogens with one attached hydrogen (secondary N) is 1. The molecule has 0 fully saturated rings. The summed E-state index contributed by atoms with van der Waals surface area (Å²) in [6.07, 6.45) is 2.16. The summed E-state index contributed by atoms with van der Waals surface area (Å²) in [5, 5.41) is 9.07. The highest BCUT2D eigenvalue weighted by atomic mass is 32.2. The minimum atomic E-state index is -4.64. The fourth-order valence-electron chi connectivity index (χ4n) is 3.21. The number of hydrogen-bond donors (Lipinski definition) is 2. The average molecular weight is 451 g/mol. The van der Waals surface area contributed by atoms with E-state index in [4.69, 9.17) is 5.14 Å². The van der Waals surface area contributed by atoms with Crippen molar-refractivity contribution in [2.24, 2.45) is 5.14 Å². The number of aromatic amines is 1.